The molecule has 0 radical (unpaired) electrons. The summed E-state index contributed by atoms with van der Waals surface area (Å²) >= 11 is 0. The minimum Gasteiger partial charge on any atom is -0.443 e. The second-order valence-electron chi connectivity index (χ2n) is 10.4. The van der Waals surface area contributed by atoms with Crippen LogP contribution in [0.4, 0.5) is 4.79 Å². The molecule has 0 aromatic carbocycles. The molecule has 2 saturated heterocycles. The van der Waals surface area contributed by atoms with Gasteiger partial charge >= 0.3 is 6.09 Å². The van der Waals surface area contributed by atoms with Gasteiger partial charge in [0.15, 0.2) is 0 Å². The normalized spacial score (nSPS) is 34.1. The average Bonchev–Trinajstić information content (AvgIpc) is 3.18. The van der Waals surface area contributed by atoms with Crippen LogP contribution < -0.4 is 0 Å². The Hall–Kier alpha value is -0.810. The second-order valence-corrected chi connectivity index (χ2v) is 10.4. The monoisotopic (exact) mass is 395 g/mol. The SMILES string of the molecule is COC1C(OC(=O)N2CCCC2)CCC2(CO2)C1C(C)(C)CCC(C)C(C)C. The van der Waals surface area contributed by atoms with E-state index in [1.165, 1.54) is 6.42 Å². The summed E-state index contributed by atoms with van der Waals surface area (Å²) in [7, 11) is 1.77. The van der Waals surface area contributed by atoms with E-state index >= 15 is 0 Å². The summed E-state index contributed by atoms with van der Waals surface area (Å²) in [5, 5.41) is 0. The van der Waals surface area contributed by atoms with Crippen LogP contribution in [-0.4, -0.2) is 55.6 Å². The molecule has 5 heteroatoms. The van der Waals surface area contributed by atoms with Gasteiger partial charge in [0.1, 0.15) is 12.2 Å². The van der Waals surface area contributed by atoms with Crippen LogP contribution in [0.15, 0.2) is 0 Å². The zero-order valence-corrected chi connectivity index (χ0v) is 18.8. The number of methoxy groups -OCH3 is 1. The first-order chi connectivity index (χ1) is 13.2. The molecule has 1 spiro atoms. The van der Waals surface area contributed by atoms with Crippen molar-refractivity contribution < 1.29 is 19.0 Å². The maximum absolute atomic E-state index is 12.6. The number of epoxide rings is 1. The van der Waals surface area contributed by atoms with Gasteiger partial charge < -0.3 is 19.1 Å². The van der Waals surface area contributed by atoms with Crippen LogP contribution >= 0.6 is 0 Å². The first kappa shape index (κ1) is 21.9. The number of hydrogen-bond donors (Lipinski definition) is 0. The number of hydrogen-bond acceptors (Lipinski definition) is 4. The van der Waals surface area contributed by atoms with Gasteiger partial charge in [-0.25, -0.2) is 4.79 Å². The molecule has 1 saturated carbocycles. The molecular weight excluding hydrogens is 354 g/mol. The Labute approximate surface area is 171 Å². The van der Waals surface area contributed by atoms with Crippen molar-refractivity contribution in [2.24, 2.45) is 23.2 Å². The van der Waals surface area contributed by atoms with E-state index in [1.54, 1.807) is 7.11 Å². The summed E-state index contributed by atoms with van der Waals surface area (Å²) in [6.45, 7) is 14.1. The number of amides is 1. The lowest BCUT2D eigenvalue weighted by molar-refractivity contribution is -0.137. The lowest BCUT2D eigenvalue weighted by Gasteiger charge is -2.48. The van der Waals surface area contributed by atoms with Gasteiger partial charge in [0.25, 0.3) is 0 Å². The van der Waals surface area contributed by atoms with Gasteiger partial charge in [-0.15, -0.1) is 0 Å². The van der Waals surface area contributed by atoms with Crippen molar-refractivity contribution in [1.29, 1.82) is 0 Å². The molecule has 2 aliphatic heterocycles. The van der Waals surface area contributed by atoms with Gasteiger partial charge in [-0.1, -0.05) is 34.6 Å². The summed E-state index contributed by atoms with van der Waals surface area (Å²) in [5.74, 6) is 1.64. The van der Waals surface area contributed by atoms with Gasteiger partial charge in [0, 0.05) is 26.1 Å². The summed E-state index contributed by atoms with van der Waals surface area (Å²) in [4.78, 5) is 14.5. The molecule has 1 amide bonds. The predicted molar refractivity (Wildman–Crippen MR) is 110 cm³/mol. The van der Waals surface area contributed by atoms with Crippen molar-refractivity contribution in [2.45, 2.75) is 91.0 Å². The molecule has 5 nitrogen and oxygen atoms in total. The van der Waals surface area contributed by atoms with Crippen molar-refractivity contribution in [3.8, 4) is 0 Å². The van der Waals surface area contributed by atoms with E-state index in [0.717, 1.165) is 51.8 Å². The molecule has 0 aromatic rings. The number of carbonyl (C=O) groups is 1. The fourth-order valence-electron chi connectivity index (χ4n) is 5.40. The van der Waals surface area contributed by atoms with Crippen LogP contribution in [0.3, 0.4) is 0 Å². The van der Waals surface area contributed by atoms with Crippen molar-refractivity contribution in [1.82, 2.24) is 4.90 Å². The second kappa shape index (κ2) is 8.51. The highest BCUT2D eigenvalue weighted by Gasteiger charge is 2.63. The number of likely N-dealkylation sites (tertiary alicyclic amines) is 1. The molecule has 3 fully saturated rings. The number of ether oxygens (including phenoxy) is 3. The Morgan fingerprint density at radius 1 is 1.25 bits per heavy atom. The molecule has 162 valence electrons. The molecule has 0 bridgehead atoms. The van der Waals surface area contributed by atoms with Crippen LogP contribution in [0.2, 0.25) is 0 Å². The first-order valence-electron chi connectivity index (χ1n) is 11.3. The number of nitrogens with zero attached hydrogens (tertiary/aromatic N) is 1. The van der Waals surface area contributed by atoms with Crippen molar-refractivity contribution in [2.75, 3.05) is 26.8 Å². The molecule has 0 N–H and O–H groups in total. The third-order valence-electron chi connectivity index (χ3n) is 7.74. The van der Waals surface area contributed by atoms with Gasteiger partial charge in [-0.05, 0) is 55.8 Å². The van der Waals surface area contributed by atoms with E-state index in [1.807, 2.05) is 4.90 Å². The maximum atomic E-state index is 12.6. The standard InChI is InChI=1S/C23H41NO4/c1-16(2)17(3)9-11-22(4,5)20-19(26-6)18(10-12-23(20)15-27-23)28-21(25)24-13-7-8-14-24/h16-20H,7-15H2,1-6H3. The molecule has 0 aromatic heterocycles. The van der Waals surface area contributed by atoms with Crippen molar-refractivity contribution in [3.05, 3.63) is 0 Å². The van der Waals surface area contributed by atoms with Crippen LogP contribution in [0.25, 0.3) is 0 Å². The maximum Gasteiger partial charge on any atom is 0.410 e. The number of carbonyl (C=O) groups excluding carboxylic acids is 1. The third-order valence-corrected chi connectivity index (χ3v) is 7.74. The Balaban J connectivity index is 1.72. The van der Waals surface area contributed by atoms with E-state index in [-0.39, 0.29) is 35.2 Å². The van der Waals surface area contributed by atoms with E-state index in [2.05, 4.69) is 34.6 Å². The molecule has 3 aliphatic rings. The molecule has 2 heterocycles. The van der Waals surface area contributed by atoms with Gasteiger partial charge in [0.2, 0.25) is 0 Å². The van der Waals surface area contributed by atoms with Gasteiger partial charge in [0.05, 0.1) is 12.2 Å². The smallest absolute Gasteiger partial charge is 0.410 e. The highest BCUT2D eigenvalue weighted by Crippen LogP contribution is 2.56. The summed E-state index contributed by atoms with van der Waals surface area (Å²) < 4.78 is 18.1. The molecule has 3 rings (SSSR count). The molecule has 1 aliphatic carbocycles. The lowest BCUT2D eigenvalue weighted by atomic mass is 9.61. The van der Waals surface area contributed by atoms with Crippen LogP contribution in [-0.2, 0) is 14.2 Å². The topological polar surface area (TPSA) is 51.3 Å². The Morgan fingerprint density at radius 2 is 1.89 bits per heavy atom. The van der Waals surface area contributed by atoms with E-state index in [4.69, 9.17) is 14.2 Å². The number of rotatable bonds is 7. The highest BCUT2D eigenvalue weighted by molar-refractivity contribution is 5.68. The van der Waals surface area contributed by atoms with E-state index < -0.39 is 0 Å². The molecule has 28 heavy (non-hydrogen) atoms. The summed E-state index contributed by atoms with van der Waals surface area (Å²) in [5.41, 5.74) is -0.0130. The van der Waals surface area contributed by atoms with Gasteiger partial charge in [-0.2, -0.15) is 0 Å². The Morgan fingerprint density at radius 3 is 2.43 bits per heavy atom. The highest BCUT2D eigenvalue weighted by atomic mass is 16.6. The Bertz CT molecular complexity index is 537. The summed E-state index contributed by atoms with van der Waals surface area (Å²) in [6, 6.07) is 0. The van der Waals surface area contributed by atoms with Gasteiger partial charge in [-0.3, -0.25) is 0 Å². The fraction of sp³-hybridized carbons (Fsp3) is 0.957. The molecular formula is C23H41NO4. The molecule has 5 atom stereocenters. The lowest BCUT2D eigenvalue weighted by Crippen LogP contribution is -2.56. The predicted octanol–water partition coefficient (Wildman–Crippen LogP) is 4.88. The third kappa shape index (κ3) is 4.51. The van der Waals surface area contributed by atoms with Crippen LogP contribution in [0, 0.1) is 23.2 Å². The summed E-state index contributed by atoms with van der Waals surface area (Å²) in [6.07, 6.45) is 5.82. The fourth-order valence-corrected chi connectivity index (χ4v) is 5.40. The largest absolute Gasteiger partial charge is 0.443 e. The van der Waals surface area contributed by atoms with E-state index in [0.29, 0.717) is 11.8 Å². The van der Waals surface area contributed by atoms with Crippen molar-refractivity contribution in [3.63, 3.8) is 0 Å². The van der Waals surface area contributed by atoms with Crippen LogP contribution in [0.5, 0.6) is 0 Å². The van der Waals surface area contributed by atoms with Crippen LogP contribution in [0.1, 0.15) is 73.1 Å². The zero-order valence-electron chi connectivity index (χ0n) is 18.8. The zero-order chi connectivity index (χ0) is 20.5. The average molecular weight is 396 g/mol. The Kier molecular flexibility index (Phi) is 6.65. The van der Waals surface area contributed by atoms with Crippen molar-refractivity contribution >= 4 is 6.09 Å². The van der Waals surface area contributed by atoms with E-state index in [9.17, 15) is 4.79 Å². The minimum atomic E-state index is -0.181. The first-order valence-corrected chi connectivity index (χ1v) is 11.3. The minimum absolute atomic E-state index is 0.0685. The quantitative estimate of drug-likeness (QED) is 0.577. The molecule has 5 unspecified atom stereocenters.